The molecule has 7 heteroatoms. The van der Waals surface area contributed by atoms with Gasteiger partial charge in [-0.3, -0.25) is 0 Å². The molecule has 1 aromatic carbocycles. The summed E-state index contributed by atoms with van der Waals surface area (Å²) in [5, 5.41) is 0. The first-order valence-corrected chi connectivity index (χ1v) is 7.89. The van der Waals surface area contributed by atoms with Crippen LogP contribution in [0.4, 0.5) is 13.2 Å². The van der Waals surface area contributed by atoms with Gasteiger partial charge in [0.2, 0.25) is 0 Å². The second-order valence-electron chi connectivity index (χ2n) is 4.82. The fourth-order valence-corrected chi connectivity index (χ4v) is 3.60. The molecule has 1 aromatic rings. The minimum Gasteiger partial charge on any atom is -0.327 e. The normalized spacial score (nSPS) is 15.9. The van der Waals surface area contributed by atoms with Crippen LogP contribution >= 0.6 is 0 Å². The van der Waals surface area contributed by atoms with Gasteiger partial charge < -0.3 is 5.73 Å². The Bertz CT molecular complexity index is 555. The van der Waals surface area contributed by atoms with Crippen LogP contribution in [-0.2, 0) is 16.0 Å². The Kier molecular flexibility index (Phi) is 5.21. The molecule has 0 aliphatic carbocycles. The van der Waals surface area contributed by atoms with Crippen LogP contribution in [0.1, 0.15) is 25.8 Å². The summed E-state index contributed by atoms with van der Waals surface area (Å²) in [4.78, 5) is -0.703. The van der Waals surface area contributed by atoms with E-state index in [0.29, 0.717) is 6.42 Å². The van der Waals surface area contributed by atoms with Crippen molar-refractivity contribution in [2.75, 3.05) is 5.75 Å². The Morgan fingerprint density at radius 1 is 1.25 bits per heavy atom. The van der Waals surface area contributed by atoms with Crippen LogP contribution in [0.15, 0.2) is 29.2 Å². The molecule has 3 nitrogen and oxygen atoms in total. The van der Waals surface area contributed by atoms with Gasteiger partial charge in [-0.15, -0.1) is 0 Å². The van der Waals surface area contributed by atoms with E-state index in [0.717, 1.165) is 18.2 Å². The summed E-state index contributed by atoms with van der Waals surface area (Å²) in [6.07, 6.45) is -4.04. The number of sulfone groups is 1. The lowest BCUT2D eigenvalue weighted by molar-refractivity contribution is -0.139. The SMILES string of the molecule is CCC(C)C(N)CS(=O)(=O)c1ccccc1C(F)(F)F. The monoisotopic (exact) mass is 309 g/mol. The first kappa shape index (κ1) is 17.0. The molecule has 0 aliphatic heterocycles. The Hall–Kier alpha value is -1.08. The zero-order chi connectivity index (χ0) is 15.6. The van der Waals surface area contributed by atoms with E-state index in [1.807, 2.05) is 6.92 Å². The highest BCUT2D eigenvalue weighted by atomic mass is 32.2. The lowest BCUT2D eigenvalue weighted by Gasteiger charge is -2.19. The molecule has 2 atom stereocenters. The molecule has 0 saturated heterocycles. The minimum atomic E-state index is -4.70. The van der Waals surface area contributed by atoms with Gasteiger partial charge in [0.15, 0.2) is 9.84 Å². The molecule has 2 N–H and O–H groups in total. The molecule has 0 heterocycles. The Morgan fingerprint density at radius 2 is 1.80 bits per heavy atom. The lowest BCUT2D eigenvalue weighted by atomic mass is 10.0. The smallest absolute Gasteiger partial charge is 0.327 e. The Balaban J connectivity index is 3.17. The van der Waals surface area contributed by atoms with Crippen LogP contribution in [0.25, 0.3) is 0 Å². The van der Waals surface area contributed by atoms with E-state index < -0.39 is 38.3 Å². The van der Waals surface area contributed by atoms with E-state index in [4.69, 9.17) is 5.73 Å². The highest BCUT2D eigenvalue weighted by Gasteiger charge is 2.37. The van der Waals surface area contributed by atoms with Crippen molar-refractivity contribution in [2.24, 2.45) is 11.7 Å². The summed E-state index contributed by atoms with van der Waals surface area (Å²) in [7, 11) is -4.07. The highest BCUT2D eigenvalue weighted by molar-refractivity contribution is 7.91. The predicted molar refractivity (Wildman–Crippen MR) is 70.9 cm³/mol. The highest BCUT2D eigenvalue weighted by Crippen LogP contribution is 2.34. The van der Waals surface area contributed by atoms with E-state index in [1.165, 1.54) is 6.07 Å². The molecule has 0 aromatic heterocycles. The van der Waals surface area contributed by atoms with Crippen molar-refractivity contribution in [1.29, 1.82) is 0 Å². The van der Waals surface area contributed by atoms with Gasteiger partial charge in [-0.05, 0) is 18.1 Å². The van der Waals surface area contributed by atoms with Crippen LogP contribution in [0.2, 0.25) is 0 Å². The Morgan fingerprint density at radius 3 is 2.30 bits per heavy atom. The third kappa shape index (κ3) is 3.96. The van der Waals surface area contributed by atoms with Gasteiger partial charge in [0, 0.05) is 6.04 Å². The van der Waals surface area contributed by atoms with Crippen molar-refractivity contribution < 1.29 is 21.6 Å². The maximum atomic E-state index is 12.8. The summed E-state index contributed by atoms with van der Waals surface area (Å²) in [6, 6.07) is 3.49. The molecule has 1 rings (SSSR count). The molecule has 2 unspecified atom stereocenters. The summed E-state index contributed by atoms with van der Waals surface area (Å²) in [6.45, 7) is 3.62. The van der Waals surface area contributed by atoms with Gasteiger partial charge in [0.25, 0.3) is 0 Å². The van der Waals surface area contributed by atoms with E-state index in [1.54, 1.807) is 6.92 Å². The lowest BCUT2D eigenvalue weighted by Crippen LogP contribution is -2.36. The third-order valence-electron chi connectivity index (χ3n) is 3.31. The minimum absolute atomic E-state index is 0.0807. The van der Waals surface area contributed by atoms with Crippen LogP contribution in [-0.4, -0.2) is 20.2 Å². The van der Waals surface area contributed by atoms with Gasteiger partial charge >= 0.3 is 6.18 Å². The molecular weight excluding hydrogens is 291 g/mol. The van der Waals surface area contributed by atoms with E-state index >= 15 is 0 Å². The third-order valence-corrected chi connectivity index (χ3v) is 5.16. The molecule has 20 heavy (non-hydrogen) atoms. The number of halogens is 3. The van der Waals surface area contributed by atoms with Crippen LogP contribution in [0, 0.1) is 5.92 Å². The molecule has 114 valence electrons. The number of nitrogens with two attached hydrogens (primary N) is 1. The van der Waals surface area contributed by atoms with Gasteiger partial charge in [-0.25, -0.2) is 8.42 Å². The second kappa shape index (κ2) is 6.13. The van der Waals surface area contributed by atoms with E-state index in [-0.39, 0.29) is 5.92 Å². The molecular formula is C13H18F3NO2S. The van der Waals surface area contributed by atoms with Crippen molar-refractivity contribution in [3.63, 3.8) is 0 Å². The molecule has 0 aliphatic rings. The molecule has 0 spiro atoms. The summed E-state index contributed by atoms with van der Waals surface area (Å²) >= 11 is 0. The van der Waals surface area contributed by atoms with Crippen molar-refractivity contribution in [3.05, 3.63) is 29.8 Å². The largest absolute Gasteiger partial charge is 0.417 e. The first-order valence-electron chi connectivity index (χ1n) is 6.24. The second-order valence-corrected chi connectivity index (χ2v) is 6.83. The van der Waals surface area contributed by atoms with Crippen molar-refractivity contribution >= 4 is 9.84 Å². The van der Waals surface area contributed by atoms with Crippen LogP contribution in [0.3, 0.4) is 0 Å². The number of rotatable bonds is 5. The Labute approximate surface area is 116 Å². The maximum Gasteiger partial charge on any atom is 0.417 e. The number of hydrogen-bond acceptors (Lipinski definition) is 3. The number of alkyl halides is 3. The van der Waals surface area contributed by atoms with Crippen molar-refractivity contribution in [3.8, 4) is 0 Å². The first-order chi connectivity index (χ1) is 9.09. The quantitative estimate of drug-likeness (QED) is 0.910. The van der Waals surface area contributed by atoms with E-state index in [2.05, 4.69) is 0 Å². The molecule has 0 amide bonds. The topological polar surface area (TPSA) is 60.2 Å². The summed E-state index contributed by atoms with van der Waals surface area (Å²) < 4.78 is 62.8. The predicted octanol–water partition coefficient (Wildman–Crippen LogP) is 2.85. The van der Waals surface area contributed by atoms with Crippen LogP contribution < -0.4 is 5.73 Å². The molecule has 0 bridgehead atoms. The maximum absolute atomic E-state index is 12.8. The molecule has 0 saturated carbocycles. The van der Waals surface area contributed by atoms with E-state index in [9.17, 15) is 21.6 Å². The fourth-order valence-electron chi connectivity index (χ4n) is 1.78. The zero-order valence-electron chi connectivity index (χ0n) is 11.3. The fraction of sp³-hybridized carbons (Fsp3) is 0.538. The van der Waals surface area contributed by atoms with Crippen LogP contribution in [0.5, 0.6) is 0 Å². The number of benzene rings is 1. The van der Waals surface area contributed by atoms with Crippen molar-refractivity contribution in [1.82, 2.24) is 0 Å². The average molecular weight is 309 g/mol. The zero-order valence-corrected chi connectivity index (χ0v) is 12.1. The summed E-state index contributed by atoms with van der Waals surface area (Å²) in [5.41, 5.74) is 4.61. The van der Waals surface area contributed by atoms with Crippen molar-refractivity contribution in [2.45, 2.75) is 37.4 Å². The number of hydrogen-bond donors (Lipinski definition) is 1. The standard InChI is InChI=1S/C13H18F3NO2S/c1-3-9(2)11(17)8-20(18,19)12-7-5-4-6-10(12)13(14,15)16/h4-7,9,11H,3,8,17H2,1-2H3. The molecule has 0 radical (unpaired) electrons. The molecule has 0 fully saturated rings. The van der Waals surface area contributed by atoms with Gasteiger partial charge in [0.1, 0.15) is 0 Å². The van der Waals surface area contributed by atoms with Gasteiger partial charge in [-0.2, -0.15) is 13.2 Å². The average Bonchev–Trinajstić information content (AvgIpc) is 2.36. The van der Waals surface area contributed by atoms with Gasteiger partial charge in [0.05, 0.1) is 16.2 Å². The van der Waals surface area contributed by atoms with Gasteiger partial charge in [-0.1, -0.05) is 32.4 Å². The summed E-state index contributed by atoms with van der Waals surface area (Å²) in [5.74, 6) is -0.572.